The Balaban J connectivity index is 0.000000181. The summed E-state index contributed by atoms with van der Waals surface area (Å²) in [6.07, 6.45) is 2.85. The lowest BCUT2D eigenvalue weighted by Crippen LogP contribution is -2.04. The predicted molar refractivity (Wildman–Crippen MR) is 71.4 cm³/mol. The lowest BCUT2D eigenvalue weighted by molar-refractivity contribution is 0.185. The van der Waals surface area contributed by atoms with E-state index in [4.69, 9.17) is 9.47 Å². The van der Waals surface area contributed by atoms with E-state index >= 15 is 0 Å². The van der Waals surface area contributed by atoms with Crippen LogP contribution < -0.4 is 4.74 Å². The largest absolute Gasteiger partial charge is 0.491 e. The van der Waals surface area contributed by atoms with Crippen molar-refractivity contribution in [3.05, 3.63) is 30.3 Å². The minimum atomic E-state index is 0.266. The van der Waals surface area contributed by atoms with E-state index in [0.717, 1.165) is 24.9 Å². The van der Waals surface area contributed by atoms with Gasteiger partial charge in [0.05, 0.1) is 6.10 Å². The molecule has 1 aliphatic rings. The molecule has 1 unspecified atom stereocenters. The van der Waals surface area contributed by atoms with Gasteiger partial charge >= 0.3 is 0 Å². The van der Waals surface area contributed by atoms with E-state index < -0.39 is 0 Å². The highest BCUT2D eigenvalue weighted by atomic mass is 16.5. The van der Waals surface area contributed by atoms with Gasteiger partial charge in [0.1, 0.15) is 5.75 Å². The summed E-state index contributed by atoms with van der Waals surface area (Å²) >= 11 is 0. The van der Waals surface area contributed by atoms with Crippen molar-refractivity contribution in [1.82, 2.24) is 0 Å². The molecule has 1 aromatic carbocycles. The van der Waals surface area contributed by atoms with Crippen LogP contribution in [0.5, 0.6) is 5.75 Å². The first-order chi connectivity index (χ1) is 8.22. The van der Waals surface area contributed by atoms with Gasteiger partial charge in [-0.05, 0) is 38.3 Å². The molecule has 0 aliphatic carbocycles. The first kappa shape index (κ1) is 14.0. The number of ether oxygens (including phenoxy) is 2. The van der Waals surface area contributed by atoms with E-state index in [9.17, 15) is 0 Å². The van der Waals surface area contributed by atoms with Crippen molar-refractivity contribution in [1.29, 1.82) is 0 Å². The second-order valence-electron chi connectivity index (χ2n) is 4.62. The normalized spacial score (nSPS) is 18.7. The number of para-hydroxylation sites is 1. The van der Waals surface area contributed by atoms with Crippen molar-refractivity contribution in [3.8, 4) is 5.75 Å². The molecule has 1 aromatic rings. The smallest absolute Gasteiger partial charge is 0.119 e. The van der Waals surface area contributed by atoms with E-state index in [2.05, 4.69) is 6.92 Å². The van der Waals surface area contributed by atoms with Gasteiger partial charge in [-0.1, -0.05) is 31.5 Å². The van der Waals surface area contributed by atoms with Crippen LogP contribution >= 0.6 is 0 Å². The molecule has 0 radical (unpaired) electrons. The summed E-state index contributed by atoms with van der Waals surface area (Å²) in [7, 11) is 0. The van der Waals surface area contributed by atoms with Gasteiger partial charge < -0.3 is 9.47 Å². The molecule has 1 saturated heterocycles. The SMILES string of the molecule is CC(C)Oc1ccccc1.CCC1CCOC1. The van der Waals surface area contributed by atoms with E-state index in [1.54, 1.807) is 0 Å². The summed E-state index contributed by atoms with van der Waals surface area (Å²) in [6.45, 7) is 8.27. The second kappa shape index (κ2) is 8.13. The monoisotopic (exact) mass is 236 g/mol. The molecule has 2 nitrogen and oxygen atoms in total. The van der Waals surface area contributed by atoms with E-state index in [-0.39, 0.29) is 6.10 Å². The summed E-state index contributed by atoms with van der Waals surface area (Å²) in [6, 6.07) is 9.84. The molecule has 96 valence electrons. The summed E-state index contributed by atoms with van der Waals surface area (Å²) in [4.78, 5) is 0. The van der Waals surface area contributed by atoms with Crippen molar-refractivity contribution in [2.24, 2.45) is 5.92 Å². The molecule has 17 heavy (non-hydrogen) atoms. The zero-order chi connectivity index (χ0) is 12.5. The molecule has 1 atom stereocenters. The molecular weight excluding hydrogens is 212 g/mol. The first-order valence-electron chi connectivity index (χ1n) is 6.51. The van der Waals surface area contributed by atoms with E-state index in [1.165, 1.54) is 12.8 Å². The standard InChI is InChI=1S/C9H12O.C6H12O/c1-8(2)10-9-6-4-3-5-7-9;1-2-6-3-4-7-5-6/h3-8H,1-2H3;6H,2-5H2,1H3. The molecule has 2 rings (SSSR count). The molecule has 1 heterocycles. The minimum absolute atomic E-state index is 0.266. The van der Waals surface area contributed by atoms with Gasteiger partial charge in [-0.15, -0.1) is 0 Å². The summed E-state index contributed by atoms with van der Waals surface area (Å²) in [5.74, 6) is 1.82. The van der Waals surface area contributed by atoms with Gasteiger partial charge in [0, 0.05) is 13.2 Å². The van der Waals surface area contributed by atoms with Gasteiger partial charge in [-0.25, -0.2) is 0 Å². The Labute approximate surface area is 105 Å². The molecule has 0 amide bonds. The maximum absolute atomic E-state index is 5.41. The van der Waals surface area contributed by atoms with Crippen molar-refractivity contribution in [3.63, 3.8) is 0 Å². The van der Waals surface area contributed by atoms with Crippen LogP contribution in [0, 0.1) is 5.92 Å². The topological polar surface area (TPSA) is 18.5 Å². The minimum Gasteiger partial charge on any atom is -0.491 e. The molecule has 2 heteroatoms. The fourth-order valence-electron chi connectivity index (χ4n) is 1.68. The van der Waals surface area contributed by atoms with E-state index in [0.29, 0.717) is 0 Å². The lowest BCUT2D eigenvalue weighted by Gasteiger charge is -2.07. The quantitative estimate of drug-likeness (QED) is 0.792. The Hall–Kier alpha value is -1.02. The Bertz CT molecular complexity index is 276. The number of benzene rings is 1. The molecule has 1 fully saturated rings. The van der Waals surface area contributed by atoms with Gasteiger partial charge in [0.2, 0.25) is 0 Å². The van der Waals surface area contributed by atoms with Gasteiger partial charge in [0.15, 0.2) is 0 Å². The fraction of sp³-hybridized carbons (Fsp3) is 0.600. The van der Waals surface area contributed by atoms with Gasteiger partial charge in [-0.3, -0.25) is 0 Å². The third kappa shape index (κ3) is 6.32. The third-order valence-corrected chi connectivity index (χ3v) is 2.72. The lowest BCUT2D eigenvalue weighted by atomic mass is 10.1. The van der Waals surface area contributed by atoms with E-state index in [1.807, 2.05) is 44.2 Å². The summed E-state index contributed by atoms with van der Waals surface area (Å²) < 4.78 is 10.6. The summed E-state index contributed by atoms with van der Waals surface area (Å²) in [5.41, 5.74) is 0. The van der Waals surface area contributed by atoms with Gasteiger partial charge in [0.25, 0.3) is 0 Å². The molecule has 0 saturated carbocycles. The molecule has 0 N–H and O–H groups in total. The Morgan fingerprint density at radius 2 is 2.00 bits per heavy atom. The van der Waals surface area contributed by atoms with Crippen LogP contribution in [0.1, 0.15) is 33.6 Å². The average molecular weight is 236 g/mol. The number of hydrogen-bond acceptors (Lipinski definition) is 2. The molecule has 0 bridgehead atoms. The Morgan fingerprint density at radius 3 is 2.41 bits per heavy atom. The van der Waals surface area contributed by atoms with Crippen LogP contribution in [-0.2, 0) is 4.74 Å². The number of rotatable bonds is 3. The Kier molecular flexibility index (Phi) is 6.71. The fourth-order valence-corrected chi connectivity index (χ4v) is 1.68. The highest BCUT2D eigenvalue weighted by Gasteiger charge is 2.11. The highest BCUT2D eigenvalue weighted by Crippen LogP contribution is 2.14. The molecular formula is C15H24O2. The van der Waals surface area contributed by atoms with Crippen LogP contribution in [0.15, 0.2) is 30.3 Å². The predicted octanol–water partition coefficient (Wildman–Crippen LogP) is 3.91. The van der Waals surface area contributed by atoms with Crippen LogP contribution in [0.4, 0.5) is 0 Å². The Morgan fingerprint density at radius 1 is 1.29 bits per heavy atom. The van der Waals surface area contributed by atoms with Gasteiger partial charge in [-0.2, -0.15) is 0 Å². The summed E-state index contributed by atoms with van der Waals surface area (Å²) in [5, 5.41) is 0. The average Bonchev–Trinajstić information content (AvgIpc) is 2.83. The molecule has 0 spiro atoms. The maximum Gasteiger partial charge on any atom is 0.119 e. The molecule has 1 aliphatic heterocycles. The van der Waals surface area contributed by atoms with Crippen LogP contribution in [0.3, 0.4) is 0 Å². The van der Waals surface area contributed by atoms with Crippen molar-refractivity contribution < 1.29 is 9.47 Å². The highest BCUT2D eigenvalue weighted by molar-refractivity contribution is 5.20. The van der Waals surface area contributed by atoms with Crippen LogP contribution in [-0.4, -0.2) is 19.3 Å². The zero-order valence-electron chi connectivity index (χ0n) is 11.2. The second-order valence-corrected chi connectivity index (χ2v) is 4.62. The zero-order valence-corrected chi connectivity index (χ0v) is 11.2. The van der Waals surface area contributed by atoms with Crippen molar-refractivity contribution in [2.75, 3.05) is 13.2 Å². The van der Waals surface area contributed by atoms with Crippen LogP contribution in [0.25, 0.3) is 0 Å². The van der Waals surface area contributed by atoms with Crippen molar-refractivity contribution in [2.45, 2.75) is 39.7 Å². The maximum atomic E-state index is 5.41. The van der Waals surface area contributed by atoms with Crippen LogP contribution in [0.2, 0.25) is 0 Å². The number of hydrogen-bond donors (Lipinski definition) is 0. The van der Waals surface area contributed by atoms with Crippen molar-refractivity contribution >= 4 is 0 Å². The first-order valence-corrected chi connectivity index (χ1v) is 6.51. The third-order valence-electron chi connectivity index (χ3n) is 2.72. The molecule has 0 aromatic heterocycles.